The van der Waals surface area contributed by atoms with E-state index in [0.29, 0.717) is 17.8 Å². The number of carbonyl (C=O) groups excluding carboxylic acids is 4. The summed E-state index contributed by atoms with van der Waals surface area (Å²) >= 11 is 0. The SMILES string of the molecule is CC(C)(C)OC(=O)N1CC2OC(CC(=O)Nc3ccc(C(N)=O)cc3)C(=O)N(Cc3ccccc3)C2C1. The lowest BCUT2D eigenvalue weighted by Crippen LogP contribution is -2.58. The Balaban J connectivity index is 1.49. The van der Waals surface area contributed by atoms with Crippen molar-refractivity contribution in [1.29, 1.82) is 0 Å². The maximum Gasteiger partial charge on any atom is 0.410 e. The topological polar surface area (TPSA) is 131 Å². The van der Waals surface area contributed by atoms with Gasteiger partial charge in [-0.3, -0.25) is 14.4 Å². The molecule has 2 aromatic rings. The number of likely N-dealkylation sites (tertiary alicyclic amines) is 1. The van der Waals surface area contributed by atoms with Gasteiger partial charge < -0.3 is 30.3 Å². The molecule has 0 saturated carbocycles. The largest absolute Gasteiger partial charge is 0.444 e. The van der Waals surface area contributed by atoms with E-state index in [9.17, 15) is 19.2 Å². The van der Waals surface area contributed by atoms with E-state index >= 15 is 0 Å². The minimum Gasteiger partial charge on any atom is -0.444 e. The number of amides is 4. The number of fused-ring (bicyclic) bond motifs is 1. The number of carbonyl (C=O) groups is 4. The number of ether oxygens (including phenoxy) is 2. The molecule has 4 rings (SSSR count). The first-order valence-electron chi connectivity index (χ1n) is 12.2. The molecule has 4 amide bonds. The van der Waals surface area contributed by atoms with Crippen molar-refractivity contribution in [2.45, 2.75) is 57.6 Å². The molecule has 2 heterocycles. The minimum atomic E-state index is -1.01. The molecule has 0 spiro atoms. The molecule has 2 aliphatic rings. The Kier molecular flexibility index (Phi) is 7.49. The Labute approximate surface area is 215 Å². The third-order valence-corrected chi connectivity index (χ3v) is 6.21. The molecule has 2 fully saturated rings. The maximum atomic E-state index is 13.5. The van der Waals surface area contributed by atoms with E-state index in [0.717, 1.165) is 5.56 Å². The smallest absolute Gasteiger partial charge is 0.410 e. The maximum absolute atomic E-state index is 13.5. The number of hydrogen-bond donors (Lipinski definition) is 2. The number of rotatable bonds is 6. The number of nitrogens with one attached hydrogen (secondary N) is 1. The van der Waals surface area contributed by atoms with Gasteiger partial charge in [-0.15, -0.1) is 0 Å². The van der Waals surface area contributed by atoms with Crippen LogP contribution in [0, 0.1) is 0 Å². The number of primary amides is 1. The van der Waals surface area contributed by atoms with Gasteiger partial charge in [-0.05, 0) is 50.6 Å². The number of benzene rings is 2. The Morgan fingerprint density at radius 2 is 1.73 bits per heavy atom. The Morgan fingerprint density at radius 1 is 1.05 bits per heavy atom. The van der Waals surface area contributed by atoms with Gasteiger partial charge >= 0.3 is 6.09 Å². The van der Waals surface area contributed by atoms with Crippen molar-refractivity contribution in [1.82, 2.24) is 9.80 Å². The lowest BCUT2D eigenvalue weighted by atomic mass is 10.0. The number of nitrogens with zero attached hydrogens (tertiary/aromatic N) is 2. The van der Waals surface area contributed by atoms with Crippen molar-refractivity contribution >= 4 is 29.5 Å². The van der Waals surface area contributed by atoms with E-state index in [1.54, 1.807) is 42.7 Å². The van der Waals surface area contributed by atoms with Crippen LogP contribution >= 0.6 is 0 Å². The van der Waals surface area contributed by atoms with Crippen molar-refractivity contribution in [2.75, 3.05) is 18.4 Å². The number of nitrogens with two attached hydrogens (primary N) is 1. The summed E-state index contributed by atoms with van der Waals surface area (Å²) in [4.78, 5) is 53.6. The first kappa shape index (κ1) is 26.2. The predicted molar refractivity (Wildman–Crippen MR) is 135 cm³/mol. The molecule has 37 heavy (non-hydrogen) atoms. The lowest BCUT2D eigenvalue weighted by molar-refractivity contribution is -0.169. The van der Waals surface area contributed by atoms with Crippen LogP contribution in [0.15, 0.2) is 54.6 Å². The van der Waals surface area contributed by atoms with Crippen molar-refractivity contribution in [3.8, 4) is 0 Å². The van der Waals surface area contributed by atoms with Crippen molar-refractivity contribution in [2.24, 2.45) is 5.73 Å². The van der Waals surface area contributed by atoms with Gasteiger partial charge in [0, 0.05) is 24.3 Å². The van der Waals surface area contributed by atoms with E-state index in [1.807, 2.05) is 30.3 Å². The molecule has 196 valence electrons. The molecule has 2 saturated heterocycles. The van der Waals surface area contributed by atoms with Crippen molar-refractivity contribution in [3.63, 3.8) is 0 Å². The normalized spacial score (nSPS) is 21.4. The van der Waals surface area contributed by atoms with Crippen molar-refractivity contribution < 1.29 is 28.7 Å². The average Bonchev–Trinajstić information content (AvgIpc) is 3.26. The summed E-state index contributed by atoms with van der Waals surface area (Å²) in [5.41, 5.74) is 6.33. The van der Waals surface area contributed by atoms with Gasteiger partial charge in [0.15, 0.2) is 0 Å². The molecular weight excluding hydrogens is 476 g/mol. The van der Waals surface area contributed by atoms with Gasteiger partial charge in [-0.2, -0.15) is 0 Å². The molecule has 2 aromatic carbocycles. The molecule has 10 nitrogen and oxygen atoms in total. The Hall–Kier alpha value is -3.92. The van der Waals surface area contributed by atoms with E-state index in [-0.39, 0.29) is 31.5 Å². The minimum absolute atomic E-state index is 0.197. The standard InChI is InChI=1S/C27H32N4O6/c1-27(2,3)37-26(35)30-15-20-22(16-30)36-21(25(34)31(20)14-17-7-5-4-6-8-17)13-23(32)29-19-11-9-18(10-12-19)24(28)33/h4-12,20-22H,13-16H2,1-3H3,(H2,28,33)(H,29,32). The van der Waals surface area contributed by atoms with E-state index in [2.05, 4.69) is 5.32 Å². The first-order chi connectivity index (χ1) is 17.5. The summed E-state index contributed by atoms with van der Waals surface area (Å²) < 4.78 is 11.6. The highest BCUT2D eigenvalue weighted by Crippen LogP contribution is 2.30. The van der Waals surface area contributed by atoms with Crippen LogP contribution < -0.4 is 11.1 Å². The first-order valence-corrected chi connectivity index (χ1v) is 12.2. The monoisotopic (exact) mass is 508 g/mol. The summed E-state index contributed by atoms with van der Waals surface area (Å²) in [7, 11) is 0. The molecular formula is C27H32N4O6. The van der Waals surface area contributed by atoms with Crippen LogP contribution in [-0.2, 0) is 25.6 Å². The quantitative estimate of drug-likeness (QED) is 0.617. The summed E-state index contributed by atoms with van der Waals surface area (Å²) in [5.74, 6) is -1.29. The average molecular weight is 509 g/mol. The molecule has 3 N–H and O–H groups in total. The zero-order valence-corrected chi connectivity index (χ0v) is 21.2. The summed E-state index contributed by atoms with van der Waals surface area (Å²) in [6.07, 6.45) is -2.13. The fraction of sp³-hybridized carbons (Fsp3) is 0.407. The molecule has 0 bridgehead atoms. The highest BCUT2D eigenvalue weighted by molar-refractivity contribution is 5.96. The number of anilines is 1. The van der Waals surface area contributed by atoms with E-state index < -0.39 is 35.7 Å². The predicted octanol–water partition coefficient (Wildman–Crippen LogP) is 2.53. The highest BCUT2D eigenvalue weighted by Gasteiger charge is 2.49. The van der Waals surface area contributed by atoms with Gasteiger partial charge in [-0.25, -0.2) is 4.79 Å². The Morgan fingerprint density at radius 3 is 2.35 bits per heavy atom. The zero-order chi connectivity index (χ0) is 26.7. The van der Waals surface area contributed by atoms with Gasteiger partial charge in [0.05, 0.1) is 25.1 Å². The molecule has 3 unspecified atom stereocenters. The summed E-state index contributed by atoms with van der Waals surface area (Å²) in [6.45, 7) is 6.26. The van der Waals surface area contributed by atoms with Gasteiger partial charge in [0.2, 0.25) is 11.8 Å². The number of morpholine rings is 1. The molecule has 0 aliphatic carbocycles. The zero-order valence-electron chi connectivity index (χ0n) is 21.2. The van der Waals surface area contributed by atoms with Gasteiger partial charge in [0.25, 0.3) is 5.91 Å². The summed E-state index contributed by atoms with van der Waals surface area (Å²) in [5, 5.41) is 2.73. The molecule has 0 aromatic heterocycles. The van der Waals surface area contributed by atoms with Crippen LogP contribution in [0.1, 0.15) is 43.1 Å². The van der Waals surface area contributed by atoms with Gasteiger partial charge in [-0.1, -0.05) is 30.3 Å². The van der Waals surface area contributed by atoms with Crippen LogP contribution in [0.25, 0.3) is 0 Å². The highest BCUT2D eigenvalue weighted by atomic mass is 16.6. The summed E-state index contributed by atoms with van der Waals surface area (Å²) in [6, 6.07) is 15.3. The molecule has 0 radical (unpaired) electrons. The third-order valence-electron chi connectivity index (χ3n) is 6.21. The number of hydrogen-bond acceptors (Lipinski definition) is 6. The van der Waals surface area contributed by atoms with Crippen LogP contribution in [0.4, 0.5) is 10.5 Å². The van der Waals surface area contributed by atoms with Crippen LogP contribution in [0.2, 0.25) is 0 Å². The van der Waals surface area contributed by atoms with Crippen LogP contribution in [0.5, 0.6) is 0 Å². The van der Waals surface area contributed by atoms with Crippen LogP contribution in [0.3, 0.4) is 0 Å². The van der Waals surface area contributed by atoms with Crippen LogP contribution in [-0.4, -0.2) is 70.6 Å². The lowest BCUT2D eigenvalue weighted by Gasteiger charge is -2.40. The molecule has 10 heteroatoms. The fourth-order valence-corrected chi connectivity index (χ4v) is 4.49. The second kappa shape index (κ2) is 10.6. The molecule has 3 atom stereocenters. The third kappa shape index (κ3) is 6.45. The molecule has 2 aliphatic heterocycles. The van der Waals surface area contributed by atoms with Gasteiger partial charge in [0.1, 0.15) is 11.7 Å². The second-order valence-corrected chi connectivity index (χ2v) is 10.3. The van der Waals surface area contributed by atoms with E-state index in [1.165, 1.54) is 12.1 Å². The van der Waals surface area contributed by atoms with E-state index in [4.69, 9.17) is 15.2 Å². The fourth-order valence-electron chi connectivity index (χ4n) is 4.49. The Bertz CT molecular complexity index is 1160. The van der Waals surface area contributed by atoms with Crippen molar-refractivity contribution in [3.05, 3.63) is 65.7 Å². The second-order valence-electron chi connectivity index (χ2n) is 10.3.